The number of nitrogens with zero attached hydrogens (tertiary/aromatic N) is 2. The number of ether oxygens (including phenoxy) is 1. The van der Waals surface area contributed by atoms with E-state index in [1.165, 1.54) is 18.2 Å². The van der Waals surface area contributed by atoms with Crippen LogP contribution in [-0.2, 0) is 9.53 Å². The van der Waals surface area contributed by atoms with Crippen LogP contribution in [0.3, 0.4) is 0 Å². The van der Waals surface area contributed by atoms with Gasteiger partial charge >= 0.3 is 6.09 Å². The van der Waals surface area contributed by atoms with Crippen LogP contribution in [0.15, 0.2) is 54.6 Å². The highest BCUT2D eigenvalue weighted by atomic mass is 16.6. The molecule has 0 atom stereocenters. The second-order valence-electron chi connectivity index (χ2n) is 6.12. The monoisotopic (exact) mass is 353 g/mol. The number of anilines is 1. The summed E-state index contributed by atoms with van der Waals surface area (Å²) >= 11 is 0. The summed E-state index contributed by atoms with van der Waals surface area (Å²) in [6.45, 7) is 2.36. The highest BCUT2D eigenvalue weighted by molar-refractivity contribution is 5.79. The van der Waals surface area contributed by atoms with E-state index in [1.54, 1.807) is 4.90 Å². The Bertz CT molecular complexity index is 756. The molecular formula is C20H23N3O3. The molecule has 2 aromatic rings. The molecule has 0 aromatic heterocycles. The maximum atomic E-state index is 12.0. The van der Waals surface area contributed by atoms with Gasteiger partial charge < -0.3 is 19.9 Å². The topological polar surface area (TPSA) is 61.9 Å². The molecule has 2 aromatic carbocycles. The summed E-state index contributed by atoms with van der Waals surface area (Å²) in [6, 6.07) is 18.7. The molecule has 1 saturated heterocycles. The molecule has 2 amide bonds. The lowest BCUT2D eigenvalue weighted by Gasteiger charge is -2.35. The molecule has 1 fully saturated rings. The Labute approximate surface area is 153 Å². The maximum absolute atomic E-state index is 12.0. The minimum absolute atomic E-state index is 0.241. The molecule has 1 heterocycles. The lowest BCUT2D eigenvalue weighted by molar-refractivity contribution is -0.123. The van der Waals surface area contributed by atoms with Gasteiger partial charge in [-0.05, 0) is 23.3 Å². The van der Waals surface area contributed by atoms with Gasteiger partial charge in [-0.2, -0.15) is 0 Å². The van der Waals surface area contributed by atoms with Gasteiger partial charge in [-0.15, -0.1) is 0 Å². The number of carbonyl (C=O) groups is 2. The van der Waals surface area contributed by atoms with Gasteiger partial charge in [0.1, 0.15) is 0 Å². The van der Waals surface area contributed by atoms with Crippen LogP contribution in [0.5, 0.6) is 0 Å². The molecule has 0 unspecified atom stereocenters. The second-order valence-corrected chi connectivity index (χ2v) is 6.12. The number of carbonyl (C=O) groups excluding carboxylic acids is 2. The van der Waals surface area contributed by atoms with Crippen LogP contribution in [0.25, 0.3) is 11.1 Å². The zero-order valence-electron chi connectivity index (χ0n) is 14.9. The summed E-state index contributed by atoms with van der Waals surface area (Å²) in [7, 11) is 1.51. The fourth-order valence-corrected chi connectivity index (χ4v) is 2.95. The summed E-state index contributed by atoms with van der Waals surface area (Å²) in [5.74, 6) is -0.310. The van der Waals surface area contributed by atoms with Crippen LogP contribution in [0.2, 0.25) is 0 Å². The van der Waals surface area contributed by atoms with Crippen molar-refractivity contribution in [2.24, 2.45) is 0 Å². The van der Waals surface area contributed by atoms with Crippen LogP contribution in [0, 0.1) is 0 Å². The van der Waals surface area contributed by atoms with Crippen LogP contribution in [0.1, 0.15) is 0 Å². The van der Waals surface area contributed by atoms with E-state index in [0.29, 0.717) is 13.1 Å². The predicted molar refractivity (Wildman–Crippen MR) is 101 cm³/mol. The van der Waals surface area contributed by atoms with Gasteiger partial charge in [-0.3, -0.25) is 4.79 Å². The smallest absolute Gasteiger partial charge is 0.410 e. The molecule has 1 aliphatic rings. The van der Waals surface area contributed by atoms with E-state index in [4.69, 9.17) is 4.74 Å². The van der Waals surface area contributed by atoms with E-state index >= 15 is 0 Å². The zero-order valence-corrected chi connectivity index (χ0v) is 14.9. The molecule has 0 aliphatic carbocycles. The van der Waals surface area contributed by atoms with Crippen LogP contribution >= 0.6 is 0 Å². The molecule has 6 nitrogen and oxygen atoms in total. The summed E-state index contributed by atoms with van der Waals surface area (Å²) < 4.78 is 5.01. The Hall–Kier alpha value is -3.02. The van der Waals surface area contributed by atoms with Crippen molar-refractivity contribution >= 4 is 17.7 Å². The highest BCUT2D eigenvalue weighted by Crippen LogP contribution is 2.25. The molecule has 0 radical (unpaired) electrons. The SMILES string of the molecule is CNC(=O)COC(=O)N1CCN(c2cccc(-c3ccccc3)c2)CC1. The summed E-state index contributed by atoms with van der Waals surface area (Å²) in [5.41, 5.74) is 3.51. The van der Waals surface area contributed by atoms with E-state index in [0.717, 1.165) is 18.8 Å². The van der Waals surface area contributed by atoms with E-state index in [1.807, 2.05) is 18.2 Å². The van der Waals surface area contributed by atoms with E-state index < -0.39 is 6.09 Å². The molecule has 136 valence electrons. The van der Waals surface area contributed by atoms with Crippen LogP contribution < -0.4 is 10.2 Å². The average Bonchev–Trinajstić information content (AvgIpc) is 2.72. The molecular weight excluding hydrogens is 330 g/mol. The molecule has 3 rings (SSSR count). The number of piperazine rings is 1. The summed E-state index contributed by atoms with van der Waals surface area (Å²) in [5, 5.41) is 2.43. The van der Waals surface area contributed by atoms with Crippen molar-refractivity contribution in [3.05, 3.63) is 54.6 Å². The molecule has 0 spiro atoms. The Morgan fingerprint density at radius 1 is 0.962 bits per heavy atom. The first-order valence-corrected chi connectivity index (χ1v) is 8.70. The van der Waals surface area contributed by atoms with Crippen molar-refractivity contribution in [1.82, 2.24) is 10.2 Å². The molecule has 1 N–H and O–H groups in total. The molecule has 1 aliphatic heterocycles. The van der Waals surface area contributed by atoms with Crippen LogP contribution in [0.4, 0.5) is 10.5 Å². The number of rotatable bonds is 4. The molecule has 26 heavy (non-hydrogen) atoms. The fraction of sp³-hybridized carbons (Fsp3) is 0.300. The average molecular weight is 353 g/mol. The lowest BCUT2D eigenvalue weighted by atomic mass is 10.0. The highest BCUT2D eigenvalue weighted by Gasteiger charge is 2.23. The molecule has 0 bridgehead atoms. The van der Waals surface area contributed by atoms with Gasteiger partial charge in [0.25, 0.3) is 5.91 Å². The van der Waals surface area contributed by atoms with Crippen molar-refractivity contribution < 1.29 is 14.3 Å². The van der Waals surface area contributed by atoms with Crippen molar-refractivity contribution in [3.63, 3.8) is 0 Å². The molecule has 6 heteroatoms. The van der Waals surface area contributed by atoms with Gasteiger partial charge in [0, 0.05) is 38.9 Å². The third kappa shape index (κ3) is 4.33. The molecule has 0 saturated carbocycles. The largest absolute Gasteiger partial charge is 0.439 e. The lowest BCUT2D eigenvalue weighted by Crippen LogP contribution is -2.49. The van der Waals surface area contributed by atoms with Crippen LogP contribution in [-0.4, -0.2) is 56.7 Å². The quantitative estimate of drug-likeness (QED) is 0.917. The van der Waals surface area contributed by atoms with E-state index in [2.05, 4.69) is 46.6 Å². The standard InChI is InChI=1S/C20H23N3O3/c1-21-19(24)15-26-20(25)23-12-10-22(11-13-23)18-9-5-8-17(14-18)16-6-3-2-4-7-16/h2-9,14H,10-13,15H2,1H3,(H,21,24). The minimum atomic E-state index is -0.439. The first-order chi connectivity index (χ1) is 12.7. The zero-order chi connectivity index (χ0) is 18.4. The van der Waals surface area contributed by atoms with Gasteiger partial charge in [0.2, 0.25) is 0 Å². The third-order valence-corrected chi connectivity index (χ3v) is 4.46. The van der Waals surface area contributed by atoms with Crippen molar-refractivity contribution in [2.45, 2.75) is 0 Å². The first kappa shape index (κ1) is 17.8. The minimum Gasteiger partial charge on any atom is -0.439 e. The van der Waals surface area contributed by atoms with Gasteiger partial charge in [0.05, 0.1) is 0 Å². The van der Waals surface area contributed by atoms with Crippen molar-refractivity contribution in [1.29, 1.82) is 0 Å². The number of amides is 2. The van der Waals surface area contributed by atoms with Gasteiger partial charge in [-0.25, -0.2) is 4.79 Å². The third-order valence-electron chi connectivity index (χ3n) is 4.46. The Balaban J connectivity index is 1.58. The Kier molecular flexibility index (Phi) is 5.73. The Morgan fingerprint density at radius 2 is 1.65 bits per heavy atom. The van der Waals surface area contributed by atoms with E-state index in [-0.39, 0.29) is 12.5 Å². The van der Waals surface area contributed by atoms with Crippen molar-refractivity contribution in [2.75, 3.05) is 44.7 Å². The number of likely N-dealkylation sites (N-methyl/N-ethyl adjacent to an activating group) is 1. The van der Waals surface area contributed by atoms with Crippen molar-refractivity contribution in [3.8, 4) is 11.1 Å². The summed E-state index contributed by atoms with van der Waals surface area (Å²) in [4.78, 5) is 27.1. The van der Waals surface area contributed by atoms with Gasteiger partial charge in [-0.1, -0.05) is 42.5 Å². The maximum Gasteiger partial charge on any atom is 0.410 e. The second kappa shape index (κ2) is 8.38. The predicted octanol–water partition coefficient (Wildman–Crippen LogP) is 2.36. The normalized spacial score (nSPS) is 14.0. The number of hydrogen-bond acceptors (Lipinski definition) is 4. The first-order valence-electron chi connectivity index (χ1n) is 8.70. The fourth-order valence-electron chi connectivity index (χ4n) is 2.95. The number of hydrogen-bond donors (Lipinski definition) is 1. The van der Waals surface area contributed by atoms with Gasteiger partial charge in [0.15, 0.2) is 6.61 Å². The van der Waals surface area contributed by atoms with E-state index in [9.17, 15) is 9.59 Å². The Morgan fingerprint density at radius 3 is 2.35 bits per heavy atom. The summed E-state index contributed by atoms with van der Waals surface area (Å²) in [6.07, 6.45) is -0.439. The number of benzene rings is 2. The number of nitrogens with one attached hydrogen (secondary N) is 1.